The smallest absolute Gasteiger partial charge is 0.182 e. The molecule has 0 amide bonds. The highest BCUT2D eigenvalue weighted by atomic mass is 79.9. The summed E-state index contributed by atoms with van der Waals surface area (Å²) >= 11 is 0. The van der Waals surface area contributed by atoms with E-state index in [0.717, 1.165) is 42.9 Å². The van der Waals surface area contributed by atoms with Crippen LogP contribution in [0.4, 0.5) is 5.69 Å². The van der Waals surface area contributed by atoms with Crippen LogP contribution < -0.4 is 14.4 Å². The van der Waals surface area contributed by atoms with Crippen LogP contribution in [-0.4, -0.2) is 37.9 Å². The number of hydrogen-bond donors (Lipinski definition) is 0. The van der Waals surface area contributed by atoms with Crippen molar-refractivity contribution in [1.82, 2.24) is 0 Å². The van der Waals surface area contributed by atoms with Crippen molar-refractivity contribution >= 4 is 34.3 Å². The predicted molar refractivity (Wildman–Crippen MR) is 117 cm³/mol. The average Bonchev–Trinajstić information content (AvgIpc) is 2.73. The van der Waals surface area contributed by atoms with Crippen molar-refractivity contribution in [3.63, 3.8) is 0 Å². The molecule has 2 aromatic carbocycles. The molecule has 0 bridgehead atoms. The molecule has 2 aliphatic heterocycles. The number of amidine groups is 1. The van der Waals surface area contributed by atoms with Crippen molar-refractivity contribution in [1.29, 1.82) is 0 Å². The minimum atomic E-state index is 0. The highest BCUT2D eigenvalue weighted by Crippen LogP contribution is 2.31. The summed E-state index contributed by atoms with van der Waals surface area (Å²) in [6.07, 6.45) is 3.13. The van der Waals surface area contributed by atoms with E-state index in [0.29, 0.717) is 30.3 Å². The van der Waals surface area contributed by atoms with E-state index in [1.54, 1.807) is 6.07 Å². The quantitative estimate of drug-likeness (QED) is 0.645. The molecule has 0 saturated carbocycles. The van der Waals surface area contributed by atoms with Gasteiger partial charge in [-0.05, 0) is 49.6 Å². The lowest BCUT2D eigenvalue weighted by atomic mass is 10.1. The topological polar surface area (TPSA) is 51.1 Å². The molecule has 2 aromatic rings. The summed E-state index contributed by atoms with van der Waals surface area (Å²) < 4.78 is 11.2. The number of halogens is 1. The maximum atomic E-state index is 13.1. The number of fused-ring (bicyclic) bond motifs is 1. The third kappa shape index (κ3) is 4.38. The minimum absolute atomic E-state index is 0. The third-order valence-corrected chi connectivity index (χ3v) is 4.99. The van der Waals surface area contributed by atoms with Gasteiger partial charge in [-0.1, -0.05) is 18.2 Å². The van der Waals surface area contributed by atoms with Gasteiger partial charge in [-0.3, -0.25) is 9.79 Å². The van der Waals surface area contributed by atoms with Crippen LogP contribution >= 0.6 is 17.0 Å². The molecule has 0 spiro atoms. The first kappa shape index (κ1) is 20.4. The molecule has 2 aliphatic rings. The van der Waals surface area contributed by atoms with Crippen LogP contribution in [0.1, 0.15) is 35.2 Å². The van der Waals surface area contributed by atoms with E-state index >= 15 is 0 Å². The summed E-state index contributed by atoms with van der Waals surface area (Å²) in [5.74, 6) is 2.39. The van der Waals surface area contributed by atoms with Crippen molar-refractivity contribution in [3.8, 4) is 11.5 Å². The number of benzene rings is 2. The van der Waals surface area contributed by atoms with Gasteiger partial charge in [-0.25, -0.2) is 0 Å². The van der Waals surface area contributed by atoms with Crippen molar-refractivity contribution in [2.24, 2.45) is 4.99 Å². The second-order valence-corrected chi connectivity index (χ2v) is 6.91. The number of aliphatic imine (C=N–C) groups is 1. The third-order valence-electron chi connectivity index (χ3n) is 4.99. The SMILES string of the molecule is Br.Cc1ccccc1N(CC(=O)c1ccc2c(c1)OCCO2)C1=NCCCC1. The predicted octanol–water partition coefficient (Wildman–Crippen LogP) is 4.62. The molecule has 0 atom stereocenters. The lowest BCUT2D eigenvalue weighted by Gasteiger charge is -2.29. The number of ketones is 1. The fraction of sp³-hybridized carbons (Fsp3) is 0.364. The van der Waals surface area contributed by atoms with Gasteiger partial charge in [0.15, 0.2) is 17.3 Å². The normalized spacial score (nSPS) is 15.2. The molecular weight excluding hydrogens is 420 g/mol. The Morgan fingerprint density at radius 1 is 1.07 bits per heavy atom. The number of carbonyl (C=O) groups excluding carboxylic acids is 1. The Bertz CT molecular complexity index is 882. The van der Waals surface area contributed by atoms with Gasteiger partial charge < -0.3 is 14.4 Å². The second kappa shape index (κ2) is 9.24. The standard InChI is InChI=1S/C22H24N2O3.BrH/c1-16-6-2-3-7-18(16)24(22-8-4-5-11-23-22)15-19(25)17-9-10-20-21(14-17)27-13-12-26-20;/h2-3,6-7,9-10,14H,4-5,8,11-13,15H2,1H3;1H. The van der Waals surface area contributed by atoms with Crippen molar-refractivity contribution < 1.29 is 14.3 Å². The van der Waals surface area contributed by atoms with Crippen LogP contribution in [0, 0.1) is 6.92 Å². The van der Waals surface area contributed by atoms with Crippen molar-refractivity contribution in [2.75, 3.05) is 31.2 Å². The van der Waals surface area contributed by atoms with Crippen LogP contribution in [0.25, 0.3) is 0 Å². The highest BCUT2D eigenvalue weighted by molar-refractivity contribution is 8.93. The van der Waals surface area contributed by atoms with Gasteiger partial charge in [0.2, 0.25) is 0 Å². The van der Waals surface area contributed by atoms with E-state index in [9.17, 15) is 4.79 Å². The summed E-state index contributed by atoms with van der Waals surface area (Å²) in [4.78, 5) is 19.9. The number of rotatable bonds is 4. The molecule has 4 rings (SSSR count). The maximum Gasteiger partial charge on any atom is 0.182 e. The second-order valence-electron chi connectivity index (χ2n) is 6.91. The molecule has 5 nitrogen and oxygen atoms in total. The molecule has 0 aromatic heterocycles. The molecule has 2 heterocycles. The van der Waals surface area contributed by atoms with Crippen LogP contribution in [-0.2, 0) is 0 Å². The lowest BCUT2D eigenvalue weighted by Crippen LogP contribution is -2.37. The lowest BCUT2D eigenvalue weighted by molar-refractivity contribution is 0.100. The van der Waals surface area contributed by atoms with Gasteiger partial charge >= 0.3 is 0 Å². The number of nitrogens with zero attached hydrogens (tertiary/aromatic N) is 2. The Hall–Kier alpha value is -2.34. The Labute approximate surface area is 176 Å². The highest BCUT2D eigenvalue weighted by Gasteiger charge is 2.22. The minimum Gasteiger partial charge on any atom is -0.486 e. The average molecular weight is 445 g/mol. The van der Waals surface area contributed by atoms with Gasteiger partial charge in [0, 0.05) is 24.2 Å². The van der Waals surface area contributed by atoms with Crippen LogP contribution in [0.3, 0.4) is 0 Å². The number of anilines is 1. The summed E-state index contributed by atoms with van der Waals surface area (Å²) in [6, 6.07) is 13.6. The van der Waals surface area contributed by atoms with Gasteiger partial charge in [-0.2, -0.15) is 0 Å². The Morgan fingerprint density at radius 2 is 1.86 bits per heavy atom. The summed E-state index contributed by atoms with van der Waals surface area (Å²) in [6.45, 7) is 4.22. The Morgan fingerprint density at radius 3 is 2.61 bits per heavy atom. The largest absolute Gasteiger partial charge is 0.486 e. The molecule has 0 radical (unpaired) electrons. The van der Waals surface area contributed by atoms with Crippen molar-refractivity contribution in [2.45, 2.75) is 26.2 Å². The van der Waals surface area contributed by atoms with Gasteiger partial charge in [0.05, 0.1) is 6.54 Å². The van der Waals surface area contributed by atoms with Crippen LogP contribution in [0.2, 0.25) is 0 Å². The molecule has 6 heteroatoms. The molecule has 0 saturated heterocycles. The summed E-state index contributed by atoms with van der Waals surface area (Å²) in [5.41, 5.74) is 2.82. The monoisotopic (exact) mass is 444 g/mol. The van der Waals surface area contributed by atoms with Crippen LogP contribution in [0.15, 0.2) is 47.5 Å². The first-order valence-corrected chi connectivity index (χ1v) is 9.52. The zero-order valence-corrected chi connectivity index (χ0v) is 17.7. The number of para-hydroxylation sites is 1. The number of Topliss-reactive ketones (excluding diaryl/α,β-unsaturated/α-hetero) is 1. The Kier molecular flexibility index (Phi) is 6.73. The fourth-order valence-electron chi connectivity index (χ4n) is 3.54. The molecule has 0 unspecified atom stereocenters. The van der Waals surface area contributed by atoms with E-state index in [1.165, 1.54) is 0 Å². The first-order valence-electron chi connectivity index (χ1n) is 9.52. The number of carbonyl (C=O) groups is 1. The van der Waals surface area contributed by atoms with Gasteiger partial charge in [-0.15, -0.1) is 17.0 Å². The zero-order chi connectivity index (χ0) is 18.6. The number of hydrogen-bond acceptors (Lipinski definition) is 5. The molecule has 28 heavy (non-hydrogen) atoms. The first-order chi connectivity index (χ1) is 13.2. The van der Waals surface area contributed by atoms with E-state index in [2.05, 4.69) is 24.0 Å². The molecule has 0 aliphatic carbocycles. The van der Waals surface area contributed by atoms with Crippen LogP contribution in [0.5, 0.6) is 11.5 Å². The van der Waals surface area contributed by atoms with E-state index in [1.807, 2.05) is 24.3 Å². The molecule has 0 fully saturated rings. The van der Waals surface area contributed by atoms with E-state index in [4.69, 9.17) is 14.5 Å². The number of aryl methyl sites for hydroxylation is 1. The van der Waals surface area contributed by atoms with Gasteiger partial charge in [0.25, 0.3) is 0 Å². The molecule has 0 N–H and O–H groups in total. The maximum absolute atomic E-state index is 13.1. The fourth-order valence-corrected chi connectivity index (χ4v) is 3.54. The summed E-state index contributed by atoms with van der Waals surface area (Å²) in [5, 5.41) is 0. The van der Waals surface area contributed by atoms with E-state index < -0.39 is 0 Å². The Balaban J connectivity index is 0.00000225. The van der Waals surface area contributed by atoms with Crippen molar-refractivity contribution in [3.05, 3.63) is 53.6 Å². The summed E-state index contributed by atoms with van der Waals surface area (Å²) in [7, 11) is 0. The number of ether oxygens (including phenoxy) is 2. The van der Waals surface area contributed by atoms with Gasteiger partial charge in [0.1, 0.15) is 19.0 Å². The molecule has 148 valence electrons. The molecular formula is C22H25BrN2O3. The zero-order valence-electron chi connectivity index (χ0n) is 16.0. The van der Waals surface area contributed by atoms with E-state index in [-0.39, 0.29) is 29.3 Å².